The highest BCUT2D eigenvalue weighted by Gasteiger charge is 2.34. The standard InChI is InChI=1S/C34H45N7O8/c1-20(2)16-26(37-29(43)17-22-11-13-23(14-12-22)36-34(49)40-24-9-5-4-8-21(24)3)31(46)39-27(18-30(44)45)32(47)38-25-10-6-7-15-41(33(25)48)19-28(35)42/h4-5,8-9,11-14,20,25-27H,6-7,10,15-19H2,1-3H3,(H2,35,42)(H,37,43)(H,38,47)(H,39,46)(H,44,45)(H2,36,40,49)/t25-,26-,27-/m0/s1. The Balaban J connectivity index is 1.62. The zero-order chi connectivity index (χ0) is 36.1. The number of hydrogen-bond donors (Lipinski definition) is 7. The van der Waals surface area contributed by atoms with Crippen molar-refractivity contribution < 1.29 is 38.7 Å². The normalized spacial score (nSPS) is 15.7. The molecule has 15 nitrogen and oxygen atoms in total. The molecule has 49 heavy (non-hydrogen) atoms. The molecule has 3 rings (SSSR count). The second-order valence-electron chi connectivity index (χ2n) is 12.5. The first-order valence-electron chi connectivity index (χ1n) is 16.1. The molecule has 15 heteroatoms. The summed E-state index contributed by atoms with van der Waals surface area (Å²) in [5.74, 6) is -4.78. The van der Waals surface area contributed by atoms with Crippen molar-refractivity contribution in [2.24, 2.45) is 11.7 Å². The monoisotopic (exact) mass is 679 g/mol. The molecule has 1 fully saturated rings. The van der Waals surface area contributed by atoms with Crippen LogP contribution in [0.1, 0.15) is 57.1 Å². The molecule has 1 aliphatic rings. The van der Waals surface area contributed by atoms with Gasteiger partial charge < -0.3 is 42.3 Å². The van der Waals surface area contributed by atoms with Gasteiger partial charge in [0.15, 0.2) is 0 Å². The Morgan fingerprint density at radius 2 is 1.61 bits per heavy atom. The maximum Gasteiger partial charge on any atom is 0.323 e. The molecule has 1 aliphatic heterocycles. The smallest absolute Gasteiger partial charge is 0.323 e. The average Bonchev–Trinajstić information content (AvgIpc) is 3.18. The molecule has 0 radical (unpaired) electrons. The lowest BCUT2D eigenvalue weighted by molar-refractivity contribution is -0.142. The molecular formula is C34H45N7O8. The van der Waals surface area contributed by atoms with Crippen LogP contribution in [-0.4, -0.2) is 82.8 Å². The number of urea groups is 1. The molecule has 0 spiro atoms. The maximum atomic E-state index is 13.4. The number of aliphatic carboxylic acids is 1. The highest BCUT2D eigenvalue weighted by Crippen LogP contribution is 2.16. The molecule has 8 N–H and O–H groups in total. The average molecular weight is 680 g/mol. The zero-order valence-corrected chi connectivity index (χ0v) is 27.9. The molecule has 7 amide bonds. The van der Waals surface area contributed by atoms with Gasteiger partial charge in [0.25, 0.3) is 0 Å². The molecule has 0 bridgehead atoms. The first kappa shape index (κ1) is 38.0. The highest BCUT2D eigenvalue weighted by atomic mass is 16.4. The Hall–Kier alpha value is -5.47. The van der Waals surface area contributed by atoms with Gasteiger partial charge in [-0.25, -0.2) is 4.79 Å². The molecule has 2 aromatic carbocycles. The second-order valence-corrected chi connectivity index (χ2v) is 12.5. The maximum absolute atomic E-state index is 13.4. The minimum absolute atomic E-state index is 0.0566. The summed E-state index contributed by atoms with van der Waals surface area (Å²) < 4.78 is 0. The van der Waals surface area contributed by atoms with E-state index in [2.05, 4.69) is 26.6 Å². The number of amides is 7. The van der Waals surface area contributed by atoms with Gasteiger partial charge in [0.05, 0.1) is 19.4 Å². The molecule has 1 saturated heterocycles. The fourth-order valence-corrected chi connectivity index (χ4v) is 5.35. The lowest BCUT2D eigenvalue weighted by atomic mass is 10.0. The van der Waals surface area contributed by atoms with Crippen LogP contribution in [0.2, 0.25) is 0 Å². The molecule has 0 aromatic heterocycles. The predicted molar refractivity (Wildman–Crippen MR) is 181 cm³/mol. The summed E-state index contributed by atoms with van der Waals surface area (Å²) in [5, 5.41) is 22.6. The molecule has 0 saturated carbocycles. The van der Waals surface area contributed by atoms with Crippen LogP contribution in [0.15, 0.2) is 48.5 Å². The lowest BCUT2D eigenvalue weighted by Crippen LogP contribution is -2.57. The number of nitrogens with zero attached hydrogens (tertiary/aromatic N) is 1. The van der Waals surface area contributed by atoms with Crippen molar-refractivity contribution in [2.75, 3.05) is 23.7 Å². The zero-order valence-electron chi connectivity index (χ0n) is 27.9. The van der Waals surface area contributed by atoms with Crippen LogP contribution >= 0.6 is 0 Å². The second kappa shape index (κ2) is 18.2. The van der Waals surface area contributed by atoms with Gasteiger partial charge >= 0.3 is 12.0 Å². The number of carbonyl (C=O) groups excluding carboxylic acids is 6. The molecule has 264 valence electrons. The highest BCUT2D eigenvalue weighted by molar-refractivity contribution is 6.00. The van der Waals surface area contributed by atoms with Gasteiger partial charge in [-0.1, -0.05) is 44.2 Å². The van der Waals surface area contributed by atoms with E-state index in [-0.39, 0.29) is 38.3 Å². The van der Waals surface area contributed by atoms with E-state index < -0.39 is 66.1 Å². The van der Waals surface area contributed by atoms with Crippen molar-refractivity contribution in [3.63, 3.8) is 0 Å². The SMILES string of the molecule is Cc1ccccc1NC(=O)Nc1ccc(CC(=O)N[C@@H](CC(C)C)C(=O)N[C@@H](CC(=O)O)C(=O)N[C@H]2CCCCN(CC(N)=O)C2=O)cc1. The summed E-state index contributed by atoms with van der Waals surface area (Å²) in [5.41, 5.74) is 7.94. The van der Waals surface area contributed by atoms with Crippen LogP contribution in [0, 0.1) is 12.8 Å². The number of hydrogen-bond acceptors (Lipinski definition) is 7. The van der Waals surface area contributed by atoms with Crippen LogP contribution < -0.4 is 32.3 Å². The van der Waals surface area contributed by atoms with Crippen molar-refractivity contribution in [3.05, 3.63) is 59.7 Å². The first-order valence-corrected chi connectivity index (χ1v) is 16.1. The van der Waals surface area contributed by atoms with E-state index in [4.69, 9.17) is 5.73 Å². The van der Waals surface area contributed by atoms with E-state index in [1.54, 1.807) is 30.3 Å². The van der Waals surface area contributed by atoms with E-state index in [0.717, 1.165) is 5.56 Å². The summed E-state index contributed by atoms with van der Waals surface area (Å²) in [7, 11) is 0. The van der Waals surface area contributed by atoms with Crippen molar-refractivity contribution in [3.8, 4) is 0 Å². The molecule has 2 aromatic rings. The van der Waals surface area contributed by atoms with Gasteiger partial charge in [-0.2, -0.15) is 0 Å². The Kier molecular flexibility index (Phi) is 14.1. The number of primary amides is 1. The summed E-state index contributed by atoms with van der Waals surface area (Å²) in [6.45, 7) is 5.52. The molecule has 0 unspecified atom stereocenters. The number of carboxylic acid groups (broad SMARTS) is 1. The molecule has 1 heterocycles. The number of likely N-dealkylation sites (tertiary alicyclic amines) is 1. The first-order chi connectivity index (χ1) is 23.2. The Morgan fingerprint density at radius 1 is 0.918 bits per heavy atom. The molecule has 3 atom stereocenters. The number of para-hydroxylation sites is 1. The third-order valence-corrected chi connectivity index (χ3v) is 7.78. The molecular weight excluding hydrogens is 634 g/mol. The number of nitrogens with one attached hydrogen (secondary N) is 5. The van der Waals surface area contributed by atoms with Gasteiger partial charge in [-0.05, 0) is 67.9 Å². The van der Waals surface area contributed by atoms with Gasteiger partial charge in [-0.3, -0.25) is 28.8 Å². The van der Waals surface area contributed by atoms with Gasteiger partial charge in [0.1, 0.15) is 18.1 Å². The third-order valence-electron chi connectivity index (χ3n) is 7.78. The van der Waals surface area contributed by atoms with E-state index in [1.165, 1.54) is 4.90 Å². The van der Waals surface area contributed by atoms with Crippen LogP contribution in [0.4, 0.5) is 16.2 Å². The van der Waals surface area contributed by atoms with E-state index in [1.807, 2.05) is 39.0 Å². The van der Waals surface area contributed by atoms with Gasteiger partial charge in [-0.15, -0.1) is 0 Å². The van der Waals surface area contributed by atoms with Crippen molar-refractivity contribution in [1.29, 1.82) is 0 Å². The topological polar surface area (TPSA) is 229 Å². The van der Waals surface area contributed by atoms with Crippen molar-refractivity contribution in [1.82, 2.24) is 20.9 Å². The van der Waals surface area contributed by atoms with Crippen LogP contribution in [0.3, 0.4) is 0 Å². The third kappa shape index (κ3) is 12.6. The summed E-state index contributed by atoms with van der Waals surface area (Å²) in [4.78, 5) is 89.3. The number of anilines is 2. The number of benzene rings is 2. The van der Waals surface area contributed by atoms with Crippen LogP contribution in [0.25, 0.3) is 0 Å². The van der Waals surface area contributed by atoms with Crippen molar-refractivity contribution >= 4 is 52.9 Å². The van der Waals surface area contributed by atoms with Crippen LogP contribution in [0.5, 0.6) is 0 Å². The van der Waals surface area contributed by atoms with Crippen molar-refractivity contribution in [2.45, 2.75) is 77.4 Å². The fourth-order valence-electron chi connectivity index (χ4n) is 5.35. The van der Waals surface area contributed by atoms with Gasteiger partial charge in [0.2, 0.25) is 29.5 Å². The largest absolute Gasteiger partial charge is 0.481 e. The molecule has 0 aliphatic carbocycles. The van der Waals surface area contributed by atoms with E-state index >= 15 is 0 Å². The predicted octanol–water partition coefficient (Wildman–Crippen LogP) is 1.65. The lowest BCUT2D eigenvalue weighted by Gasteiger charge is -2.26. The minimum Gasteiger partial charge on any atom is -0.481 e. The fraction of sp³-hybridized carbons (Fsp3) is 0.441. The summed E-state index contributed by atoms with van der Waals surface area (Å²) >= 11 is 0. The van der Waals surface area contributed by atoms with Crippen LogP contribution in [-0.2, 0) is 35.2 Å². The number of aryl methyl sites for hydroxylation is 1. The summed E-state index contributed by atoms with van der Waals surface area (Å²) in [6.07, 6.45) is 0.743. The summed E-state index contributed by atoms with van der Waals surface area (Å²) in [6, 6.07) is 9.85. The van der Waals surface area contributed by atoms with E-state index in [9.17, 15) is 38.7 Å². The number of nitrogens with two attached hydrogens (primary N) is 1. The van der Waals surface area contributed by atoms with Gasteiger partial charge in [0, 0.05) is 17.9 Å². The minimum atomic E-state index is -1.54. The Labute approximate surface area is 284 Å². The number of carbonyl (C=O) groups is 7. The van der Waals surface area contributed by atoms with E-state index in [0.29, 0.717) is 29.8 Å². The number of rotatable bonds is 15. The Bertz CT molecular complexity index is 1530. The number of carboxylic acids is 1. The quantitative estimate of drug-likeness (QED) is 0.146. The Morgan fingerprint density at radius 3 is 2.24 bits per heavy atom.